The van der Waals surface area contributed by atoms with Gasteiger partial charge in [-0.15, -0.1) is 0 Å². The Balaban J connectivity index is 2.55. The summed E-state index contributed by atoms with van der Waals surface area (Å²) in [4.78, 5) is 4.07. The van der Waals surface area contributed by atoms with Crippen molar-refractivity contribution in [3.63, 3.8) is 0 Å². The minimum Gasteiger partial charge on any atom is -0.334 e. The van der Waals surface area contributed by atoms with E-state index < -0.39 is 0 Å². The number of nitrogens with two attached hydrogens (primary N) is 1. The number of imidazole rings is 1. The van der Waals surface area contributed by atoms with Gasteiger partial charge in [0, 0.05) is 29.8 Å². The van der Waals surface area contributed by atoms with Crippen molar-refractivity contribution in [1.29, 1.82) is 0 Å². The van der Waals surface area contributed by atoms with Crippen LogP contribution in [0.15, 0.2) is 18.7 Å². The Morgan fingerprint density at radius 3 is 2.86 bits per heavy atom. The average molecular weight is 260 g/mol. The Kier molecular flexibility index (Phi) is 5.19. The molecule has 1 rings (SSSR count). The quantitative estimate of drug-likeness (QED) is 0.798. The van der Waals surface area contributed by atoms with Crippen LogP contribution in [0.3, 0.4) is 0 Å². The Hall–Kier alpha value is -0.350. The van der Waals surface area contributed by atoms with E-state index >= 15 is 0 Å². The summed E-state index contributed by atoms with van der Waals surface area (Å²) in [5.41, 5.74) is 5.96. The van der Waals surface area contributed by atoms with Crippen LogP contribution < -0.4 is 5.73 Å². The van der Waals surface area contributed by atoms with Gasteiger partial charge in [0.2, 0.25) is 0 Å². The first kappa shape index (κ1) is 11.7. The minimum atomic E-state index is 0.293. The Labute approximate surface area is 93.8 Å². The highest BCUT2D eigenvalue weighted by atomic mass is 79.9. The topological polar surface area (TPSA) is 43.8 Å². The minimum absolute atomic E-state index is 0.293. The molecule has 0 aliphatic heterocycles. The van der Waals surface area contributed by atoms with Crippen LogP contribution >= 0.6 is 15.9 Å². The molecular weight excluding hydrogens is 242 g/mol. The lowest BCUT2D eigenvalue weighted by Crippen LogP contribution is -2.24. The zero-order valence-electron chi connectivity index (χ0n) is 8.56. The van der Waals surface area contributed by atoms with Crippen LogP contribution in [0.4, 0.5) is 0 Å². The largest absolute Gasteiger partial charge is 0.334 e. The Morgan fingerprint density at radius 1 is 1.57 bits per heavy atom. The van der Waals surface area contributed by atoms with E-state index in [4.69, 9.17) is 5.73 Å². The molecular formula is C10H18BrN3. The van der Waals surface area contributed by atoms with E-state index in [2.05, 4.69) is 32.4 Å². The molecule has 1 aromatic rings. The molecule has 2 N–H and O–H groups in total. The fourth-order valence-electron chi connectivity index (χ4n) is 1.52. The molecule has 0 amide bonds. The third-order valence-corrected chi connectivity index (χ3v) is 2.95. The van der Waals surface area contributed by atoms with Gasteiger partial charge in [-0.3, -0.25) is 0 Å². The lowest BCUT2D eigenvalue weighted by molar-refractivity contribution is 0.407. The maximum Gasteiger partial charge on any atom is 0.0948 e. The second-order valence-electron chi connectivity index (χ2n) is 3.55. The first-order valence-corrected chi connectivity index (χ1v) is 6.19. The molecule has 0 radical (unpaired) electrons. The first-order valence-electron chi connectivity index (χ1n) is 5.07. The van der Waals surface area contributed by atoms with Gasteiger partial charge in [0.1, 0.15) is 0 Å². The monoisotopic (exact) mass is 259 g/mol. The molecule has 0 fully saturated rings. The summed E-state index contributed by atoms with van der Waals surface area (Å²) in [7, 11) is 0. The molecule has 0 saturated carbocycles. The van der Waals surface area contributed by atoms with Gasteiger partial charge in [-0.1, -0.05) is 22.9 Å². The molecule has 0 aliphatic carbocycles. The predicted octanol–water partition coefficient (Wildman–Crippen LogP) is 2.34. The lowest BCUT2D eigenvalue weighted by Gasteiger charge is -2.20. The first-order chi connectivity index (χ1) is 6.77. The van der Waals surface area contributed by atoms with Crippen LogP contribution in [0.25, 0.3) is 0 Å². The van der Waals surface area contributed by atoms with Gasteiger partial charge in [0.05, 0.1) is 6.33 Å². The fraction of sp³-hybridized carbons (Fsp3) is 0.700. The second kappa shape index (κ2) is 6.19. The van der Waals surface area contributed by atoms with E-state index in [0.717, 1.165) is 24.6 Å². The normalized spacial score (nSPS) is 15.4. The zero-order valence-corrected chi connectivity index (χ0v) is 10.2. The molecule has 2 atom stereocenters. The van der Waals surface area contributed by atoms with Gasteiger partial charge in [-0.25, -0.2) is 4.98 Å². The van der Waals surface area contributed by atoms with Crippen molar-refractivity contribution < 1.29 is 0 Å². The molecule has 0 bridgehead atoms. The molecule has 14 heavy (non-hydrogen) atoms. The number of rotatable bonds is 6. The third kappa shape index (κ3) is 3.42. The summed E-state index contributed by atoms with van der Waals surface area (Å²) in [6, 6.07) is 0.772. The summed E-state index contributed by atoms with van der Waals surface area (Å²) in [6.07, 6.45) is 8.86. The van der Waals surface area contributed by atoms with Crippen molar-refractivity contribution in [3.05, 3.63) is 18.7 Å². The standard InChI is InChI=1S/C10H18BrN3/c1-2-9(12)7-10(3-4-11)14-6-5-13-8-14/h5-6,8-10H,2-4,7,12H2,1H3. The summed E-state index contributed by atoms with van der Waals surface area (Å²) in [6.45, 7) is 2.13. The second-order valence-corrected chi connectivity index (χ2v) is 4.34. The van der Waals surface area contributed by atoms with Crippen LogP contribution in [0.1, 0.15) is 32.2 Å². The number of halogens is 1. The zero-order chi connectivity index (χ0) is 10.4. The van der Waals surface area contributed by atoms with E-state index in [0.29, 0.717) is 12.1 Å². The number of nitrogens with zero attached hydrogens (tertiary/aromatic N) is 2. The van der Waals surface area contributed by atoms with Crippen LogP contribution in [-0.4, -0.2) is 20.9 Å². The molecule has 1 heterocycles. The highest BCUT2D eigenvalue weighted by Gasteiger charge is 2.12. The SMILES string of the molecule is CCC(N)CC(CCBr)n1ccnc1. The molecule has 0 aromatic carbocycles. The molecule has 3 nitrogen and oxygen atoms in total. The summed E-state index contributed by atoms with van der Waals surface area (Å²) in [5, 5.41) is 1.01. The van der Waals surface area contributed by atoms with Crippen molar-refractivity contribution in [2.24, 2.45) is 5.73 Å². The maximum atomic E-state index is 5.96. The van der Waals surface area contributed by atoms with Crippen LogP contribution in [0.5, 0.6) is 0 Å². The summed E-state index contributed by atoms with van der Waals surface area (Å²) >= 11 is 3.47. The van der Waals surface area contributed by atoms with Gasteiger partial charge in [-0.2, -0.15) is 0 Å². The lowest BCUT2D eigenvalue weighted by atomic mass is 10.0. The number of alkyl halides is 1. The van der Waals surface area contributed by atoms with E-state index in [9.17, 15) is 0 Å². The predicted molar refractivity (Wildman–Crippen MR) is 62.6 cm³/mol. The van der Waals surface area contributed by atoms with Gasteiger partial charge in [0.15, 0.2) is 0 Å². The molecule has 80 valence electrons. The van der Waals surface area contributed by atoms with Crippen LogP contribution in [-0.2, 0) is 0 Å². The van der Waals surface area contributed by atoms with Crippen molar-refractivity contribution in [3.8, 4) is 0 Å². The number of hydrogen-bond donors (Lipinski definition) is 1. The van der Waals surface area contributed by atoms with Crippen molar-refractivity contribution in [2.45, 2.75) is 38.3 Å². The molecule has 4 heteroatoms. The van der Waals surface area contributed by atoms with E-state index in [-0.39, 0.29) is 0 Å². The van der Waals surface area contributed by atoms with E-state index in [1.807, 2.05) is 18.7 Å². The van der Waals surface area contributed by atoms with Crippen molar-refractivity contribution >= 4 is 15.9 Å². The van der Waals surface area contributed by atoms with Gasteiger partial charge < -0.3 is 10.3 Å². The van der Waals surface area contributed by atoms with E-state index in [1.54, 1.807) is 0 Å². The third-order valence-electron chi connectivity index (χ3n) is 2.49. The molecule has 1 aromatic heterocycles. The molecule has 0 spiro atoms. The van der Waals surface area contributed by atoms with Gasteiger partial charge in [-0.05, 0) is 19.3 Å². The number of hydrogen-bond acceptors (Lipinski definition) is 2. The summed E-state index contributed by atoms with van der Waals surface area (Å²) < 4.78 is 2.15. The smallest absolute Gasteiger partial charge is 0.0948 e. The Bertz CT molecular complexity index is 236. The van der Waals surface area contributed by atoms with Crippen molar-refractivity contribution in [1.82, 2.24) is 9.55 Å². The highest BCUT2D eigenvalue weighted by molar-refractivity contribution is 9.09. The van der Waals surface area contributed by atoms with E-state index in [1.165, 1.54) is 0 Å². The van der Waals surface area contributed by atoms with Gasteiger partial charge >= 0.3 is 0 Å². The van der Waals surface area contributed by atoms with Crippen LogP contribution in [0.2, 0.25) is 0 Å². The summed E-state index contributed by atoms with van der Waals surface area (Å²) in [5.74, 6) is 0. The Morgan fingerprint density at radius 2 is 2.36 bits per heavy atom. The number of aromatic nitrogens is 2. The molecule has 0 aliphatic rings. The average Bonchev–Trinajstić information content (AvgIpc) is 2.69. The van der Waals surface area contributed by atoms with Crippen molar-refractivity contribution in [2.75, 3.05) is 5.33 Å². The van der Waals surface area contributed by atoms with Crippen LogP contribution in [0, 0.1) is 0 Å². The maximum absolute atomic E-state index is 5.96. The highest BCUT2D eigenvalue weighted by Crippen LogP contribution is 2.19. The molecule has 0 saturated heterocycles. The van der Waals surface area contributed by atoms with Gasteiger partial charge in [0.25, 0.3) is 0 Å². The fourth-order valence-corrected chi connectivity index (χ4v) is 2.04. The molecule has 2 unspecified atom stereocenters.